The second kappa shape index (κ2) is 10.4. The molecule has 0 bridgehead atoms. The Balaban J connectivity index is 0. The largest absolute Gasteiger partial charge is 1.00 e. The Bertz CT molecular complexity index is 254. The molecule has 1 N–H and O–H groups in total. The molecular formula is C10H21KO4S. The summed E-state index contributed by atoms with van der Waals surface area (Å²) in [4.78, 5) is 0. The number of aliphatic hydroxyl groups excluding tert-OH is 1. The molecule has 2 unspecified atom stereocenters. The predicted octanol–water partition coefficient (Wildman–Crippen LogP) is -1.35. The van der Waals surface area contributed by atoms with E-state index in [1.165, 1.54) is 0 Å². The average molecular weight is 276 g/mol. The van der Waals surface area contributed by atoms with Crippen molar-refractivity contribution in [3.63, 3.8) is 0 Å². The van der Waals surface area contributed by atoms with Crippen LogP contribution < -0.4 is 51.4 Å². The van der Waals surface area contributed by atoms with Crippen molar-refractivity contribution in [1.82, 2.24) is 0 Å². The summed E-state index contributed by atoms with van der Waals surface area (Å²) in [6, 6.07) is 0. The molecule has 0 spiro atoms. The molecule has 0 aromatic carbocycles. The van der Waals surface area contributed by atoms with Gasteiger partial charge in [0.2, 0.25) is 0 Å². The first-order chi connectivity index (χ1) is 6.93. The minimum absolute atomic E-state index is 0. The van der Waals surface area contributed by atoms with E-state index in [2.05, 4.69) is 0 Å². The standard InChI is InChI=1S/C10H22O4S.K/c1-3-5-6-8-9(11)10(7-4-2)15(12,13)14;/h9-11H,3-8H2,1-2H3,(H,12,13,14);/q;+1/p-1. The van der Waals surface area contributed by atoms with Crippen LogP contribution in [0, 0.1) is 0 Å². The Kier molecular flexibility index (Phi) is 12.9. The van der Waals surface area contributed by atoms with Gasteiger partial charge in [-0.2, -0.15) is 0 Å². The van der Waals surface area contributed by atoms with Crippen molar-refractivity contribution < 1.29 is 69.5 Å². The summed E-state index contributed by atoms with van der Waals surface area (Å²) in [6.07, 6.45) is 2.98. The van der Waals surface area contributed by atoms with Crippen LogP contribution >= 0.6 is 0 Å². The second-order valence-electron chi connectivity index (χ2n) is 3.88. The zero-order chi connectivity index (χ0) is 11.9. The molecule has 2 atom stereocenters. The third-order valence-corrected chi connectivity index (χ3v) is 3.77. The van der Waals surface area contributed by atoms with E-state index in [1.807, 2.05) is 6.92 Å². The van der Waals surface area contributed by atoms with Gasteiger partial charge in [-0.1, -0.05) is 39.5 Å². The summed E-state index contributed by atoms with van der Waals surface area (Å²) in [7, 11) is -4.36. The fraction of sp³-hybridized carbons (Fsp3) is 1.00. The fourth-order valence-electron chi connectivity index (χ4n) is 1.60. The van der Waals surface area contributed by atoms with Crippen LogP contribution in [0.5, 0.6) is 0 Å². The number of hydrogen-bond donors (Lipinski definition) is 1. The summed E-state index contributed by atoms with van der Waals surface area (Å²) < 4.78 is 32.6. The molecule has 0 aliphatic carbocycles. The van der Waals surface area contributed by atoms with E-state index in [0.717, 1.165) is 19.3 Å². The maximum atomic E-state index is 10.9. The molecular weight excluding hydrogens is 255 g/mol. The third kappa shape index (κ3) is 8.58. The van der Waals surface area contributed by atoms with Crippen molar-refractivity contribution >= 4 is 10.1 Å². The molecule has 0 saturated carbocycles. The molecule has 0 saturated heterocycles. The summed E-state index contributed by atoms with van der Waals surface area (Å²) in [6.45, 7) is 3.83. The predicted molar refractivity (Wildman–Crippen MR) is 58.5 cm³/mol. The van der Waals surface area contributed by atoms with Gasteiger partial charge in [0, 0.05) is 0 Å². The van der Waals surface area contributed by atoms with Gasteiger partial charge in [0.15, 0.2) is 0 Å². The van der Waals surface area contributed by atoms with Crippen molar-refractivity contribution in [2.24, 2.45) is 0 Å². The minimum Gasteiger partial charge on any atom is -0.748 e. The van der Waals surface area contributed by atoms with E-state index < -0.39 is 21.5 Å². The van der Waals surface area contributed by atoms with Gasteiger partial charge in [-0.05, 0) is 12.8 Å². The van der Waals surface area contributed by atoms with Crippen molar-refractivity contribution in [3.8, 4) is 0 Å². The summed E-state index contributed by atoms with van der Waals surface area (Å²) in [5, 5.41) is 8.50. The molecule has 0 aliphatic rings. The fourth-order valence-corrected chi connectivity index (χ4v) is 2.65. The van der Waals surface area contributed by atoms with Gasteiger partial charge in [-0.25, -0.2) is 8.42 Å². The Morgan fingerprint density at radius 1 is 1.12 bits per heavy atom. The molecule has 4 nitrogen and oxygen atoms in total. The first-order valence-electron chi connectivity index (χ1n) is 5.56. The van der Waals surface area contributed by atoms with Crippen LogP contribution in [0.4, 0.5) is 0 Å². The van der Waals surface area contributed by atoms with E-state index >= 15 is 0 Å². The zero-order valence-electron chi connectivity index (χ0n) is 10.5. The maximum Gasteiger partial charge on any atom is 1.00 e. The van der Waals surface area contributed by atoms with Crippen LogP contribution in [-0.2, 0) is 10.1 Å². The van der Waals surface area contributed by atoms with E-state index in [9.17, 15) is 18.1 Å². The van der Waals surface area contributed by atoms with E-state index in [0.29, 0.717) is 12.8 Å². The van der Waals surface area contributed by atoms with Gasteiger partial charge in [-0.15, -0.1) is 0 Å². The average Bonchev–Trinajstić information content (AvgIpc) is 2.12. The van der Waals surface area contributed by atoms with Gasteiger partial charge in [0.05, 0.1) is 11.4 Å². The number of unbranched alkanes of at least 4 members (excludes halogenated alkanes) is 2. The molecule has 0 aromatic rings. The SMILES string of the molecule is CCCCCC(O)C(CCC)S(=O)(=O)[O-].[K+]. The molecule has 0 aliphatic heterocycles. The molecule has 6 heteroatoms. The van der Waals surface area contributed by atoms with Crippen molar-refractivity contribution in [1.29, 1.82) is 0 Å². The monoisotopic (exact) mass is 276 g/mol. The number of rotatable bonds is 8. The third-order valence-electron chi connectivity index (χ3n) is 2.48. The van der Waals surface area contributed by atoms with Gasteiger partial charge in [0.1, 0.15) is 10.1 Å². The van der Waals surface area contributed by atoms with Crippen LogP contribution in [0.1, 0.15) is 52.4 Å². The second-order valence-corrected chi connectivity index (χ2v) is 5.47. The number of aliphatic hydroxyl groups is 1. The Hall–Kier alpha value is 1.51. The summed E-state index contributed by atoms with van der Waals surface area (Å²) in [5.41, 5.74) is 0. The minimum atomic E-state index is -4.36. The maximum absolute atomic E-state index is 10.9. The van der Waals surface area contributed by atoms with Gasteiger partial charge in [-0.3, -0.25) is 0 Å². The van der Waals surface area contributed by atoms with Crippen LogP contribution in [0.2, 0.25) is 0 Å². The topological polar surface area (TPSA) is 77.4 Å². The van der Waals surface area contributed by atoms with E-state index in [4.69, 9.17) is 0 Å². The van der Waals surface area contributed by atoms with Gasteiger partial charge in [0.25, 0.3) is 0 Å². The summed E-state index contributed by atoms with van der Waals surface area (Å²) in [5.74, 6) is 0. The van der Waals surface area contributed by atoms with E-state index in [1.54, 1.807) is 6.92 Å². The number of hydrogen-bond acceptors (Lipinski definition) is 4. The first kappa shape index (κ1) is 19.8. The molecule has 0 amide bonds. The van der Waals surface area contributed by atoms with Crippen molar-refractivity contribution in [2.75, 3.05) is 0 Å². The molecule has 16 heavy (non-hydrogen) atoms. The molecule has 0 fully saturated rings. The van der Waals surface area contributed by atoms with Crippen LogP contribution in [0.25, 0.3) is 0 Å². The van der Waals surface area contributed by atoms with Gasteiger partial charge >= 0.3 is 51.4 Å². The molecule has 0 rings (SSSR count). The molecule has 0 heterocycles. The van der Waals surface area contributed by atoms with Crippen molar-refractivity contribution in [2.45, 2.75) is 63.7 Å². The van der Waals surface area contributed by atoms with Gasteiger partial charge < -0.3 is 9.66 Å². The Labute approximate surface area is 141 Å². The van der Waals surface area contributed by atoms with Crippen LogP contribution in [-0.4, -0.2) is 29.4 Å². The molecule has 92 valence electrons. The van der Waals surface area contributed by atoms with Crippen LogP contribution in [0.3, 0.4) is 0 Å². The quantitative estimate of drug-likeness (QED) is 0.338. The molecule has 0 radical (unpaired) electrons. The first-order valence-corrected chi connectivity index (χ1v) is 7.03. The van der Waals surface area contributed by atoms with Crippen LogP contribution in [0.15, 0.2) is 0 Å². The Morgan fingerprint density at radius 2 is 1.69 bits per heavy atom. The Morgan fingerprint density at radius 3 is 2.06 bits per heavy atom. The zero-order valence-corrected chi connectivity index (χ0v) is 14.4. The van der Waals surface area contributed by atoms with Crippen molar-refractivity contribution in [3.05, 3.63) is 0 Å². The molecule has 0 aromatic heterocycles. The summed E-state index contributed by atoms with van der Waals surface area (Å²) >= 11 is 0. The normalized spacial score (nSPS) is 15.2. The van der Waals surface area contributed by atoms with E-state index in [-0.39, 0.29) is 57.8 Å². The smallest absolute Gasteiger partial charge is 0.748 e.